The zero-order valence-electron chi connectivity index (χ0n) is 14.3. The number of aromatic amines is 1. The van der Waals surface area contributed by atoms with Crippen LogP contribution in [0.2, 0.25) is 0 Å². The van der Waals surface area contributed by atoms with Crippen LogP contribution >= 0.6 is 0 Å². The Morgan fingerprint density at radius 1 is 1.15 bits per heavy atom. The summed E-state index contributed by atoms with van der Waals surface area (Å²) < 4.78 is 21.1. The topological polar surface area (TPSA) is 72.5 Å². The Kier molecular flexibility index (Phi) is 3.39. The maximum atomic E-state index is 13.7. The van der Waals surface area contributed by atoms with Crippen LogP contribution in [0, 0.1) is 12.7 Å². The van der Waals surface area contributed by atoms with Gasteiger partial charge in [-0.05, 0) is 43.3 Å². The quantitative estimate of drug-likeness (QED) is 0.514. The number of imidazole rings is 1. The number of aromatic nitrogens is 5. The van der Waals surface area contributed by atoms with Gasteiger partial charge in [0.25, 0.3) is 0 Å². The molecule has 0 bridgehead atoms. The predicted molar refractivity (Wildman–Crippen MR) is 98.8 cm³/mol. The molecule has 1 aromatic carbocycles. The van der Waals surface area contributed by atoms with Crippen molar-refractivity contribution in [1.29, 1.82) is 0 Å². The van der Waals surface area contributed by atoms with E-state index in [4.69, 9.17) is 4.42 Å². The molecule has 0 spiro atoms. The number of halogens is 1. The lowest BCUT2D eigenvalue weighted by molar-refractivity contribution is 0.545. The summed E-state index contributed by atoms with van der Waals surface area (Å²) in [5, 5.41) is 4.63. The van der Waals surface area contributed by atoms with Crippen LogP contribution in [0.1, 0.15) is 5.76 Å². The maximum absolute atomic E-state index is 13.7. The van der Waals surface area contributed by atoms with E-state index in [0.29, 0.717) is 23.0 Å². The van der Waals surface area contributed by atoms with Gasteiger partial charge < -0.3 is 9.40 Å². The summed E-state index contributed by atoms with van der Waals surface area (Å²) in [6, 6.07) is 11.8. The first-order valence-electron chi connectivity index (χ1n) is 8.40. The zero-order chi connectivity index (χ0) is 18.4. The van der Waals surface area contributed by atoms with E-state index in [9.17, 15) is 4.39 Å². The molecule has 0 saturated heterocycles. The van der Waals surface area contributed by atoms with Crippen LogP contribution < -0.4 is 0 Å². The maximum Gasteiger partial charge on any atom is 0.155 e. The summed E-state index contributed by atoms with van der Waals surface area (Å²) in [6.45, 7) is 1.87. The average molecular weight is 359 g/mol. The van der Waals surface area contributed by atoms with Crippen molar-refractivity contribution < 1.29 is 8.81 Å². The van der Waals surface area contributed by atoms with Gasteiger partial charge in [-0.2, -0.15) is 5.10 Å². The number of rotatable bonds is 3. The number of nitrogens with zero attached hydrogens (tertiary/aromatic N) is 4. The fraction of sp³-hybridized carbons (Fsp3) is 0.0500. The van der Waals surface area contributed by atoms with Crippen molar-refractivity contribution >= 4 is 11.0 Å². The van der Waals surface area contributed by atoms with Gasteiger partial charge in [-0.3, -0.25) is 4.98 Å². The minimum absolute atomic E-state index is 0.324. The number of benzene rings is 1. The smallest absolute Gasteiger partial charge is 0.155 e. The van der Waals surface area contributed by atoms with E-state index < -0.39 is 0 Å². The first kappa shape index (κ1) is 15.5. The molecule has 4 heterocycles. The third-order valence-electron chi connectivity index (χ3n) is 4.30. The molecule has 6 nitrogen and oxygen atoms in total. The van der Waals surface area contributed by atoms with Crippen molar-refractivity contribution in [3.05, 3.63) is 72.6 Å². The lowest BCUT2D eigenvalue weighted by Gasteiger charge is -2.00. The minimum Gasteiger partial charge on any atom is -0.460 e. The molecule has 5 aromatic rings. The van der Waals surface area contributed by atoms with Crippen LogP contribution in [0.25, 0.3) is 39.6 Å². The molecule has 132 valence electrons. The Bertz CT molecular complexity index is 1230. The summed E-state index contributed by atoms with van der Waals surface area (Å²) >= 11 is 0. The number of furan rings is 1. The predicted octanol–water partition coefficient (Wildman–Crippen LogP) is 4.52. The highest BCUT2D eigenvalue weighted by atomic mass is 19.1. The van der Waals surface area contributed by atoms with Crippen molar-refractivity contribution in [2.45, 2.75) is 6.92 Å². The third-order valence-corrected chi connectivity index (χ3v) is 4.30. The molecule has 1 N–H and O–H groups in total. The molecule has 0 atom stereocenters. The normalized spacial score (nSPS) is 11.3. The number of fused-ring (bicyclic) bond motifs is 1. The molecular formula is C20H14FN5O. The van der Waals surface area contributed by atoms with E-state index in [0.717, 1.165) is 22.4 Å². The monoisotopic (exact) mass is 359 g/mol. The zero-order valence-corrected chi connectivity index (χ0v) is 14.3. The molecule has 4 aromatic heterocycles. The van der Waals surface area contributed by atoms with E-state index in [1.807, 2.05) is 31.3 Å². The van der Waals surface area contributed by atoms with E-state index in [1.165, 1.54) is 12.1 Å². The molecular weight excluding hydrogens is 345 g/mol. The number of nitrogens with one attached hydrogen (secondary N) is 1. The van der Waals surface area contributed by atoms with E-state index in [1.54, 1.807) is 29.2 Å². The molecule has 0 aliphatic carbocycles. The van der Waals surface area contributed by atoms with E-state index in [2.05, 4.69) is 20.1 Å². The molecule has 0 radical (unpaired) electrons. The standard InChI is InChI=1S/C20H14FN5O/c1-12-5-6-18(27-12)19-15(20-23-16-7-8-22-10-17(16)24-20)11-26(25-19)14-4-2-3-13(21)9-14/h2-11H,1H3,(H,23,24). The van der Waals surface area contributed by atoms with Crippen molar-refractivity contribution in [1.82, 2.24) is 24.7 Å². The molecule has 27 heavy (non-hydrogen) atoms. The fourth-order valence-electron chi connectivity index (χ4n) is 3.03. The second-order valence-electron chi connectivity index (χ2n) is 6.20. The molecule has 5 rings (SSSR count). The van der Waals surface area contributed by atoms with Crippen LogP contribution in [-0.4, -0.2) is 24.7 Å². The largest absolute Gasteiger partial charge is 0.460 e. The van der Waals surface area contributed by atoms with Gasteiger partial charge in [0.05, 0.1) is 28.5 Å². The van der Waals surface area contributed by atoms with Crippen LogP contribution in [0.3, 0.4) is 0 Å². The van der Waals surface area contributed by atoms with Gasteiger partial charge in [0.15, 0.2) is 5.76 Å². The van der Waals surface area contributed by atoms with Gasteiger partial charge in [0, 0.05) is 12.4 Å². The lowest BCUT2D eigenvalue weighted by atomic mass is 10.2. The summed E-state index contributed by atoms with van der Waals surface area (Å²) in [4.78, 5) is 12.0. The lowest BCUT2D eigenvalue weighted by Crippen LogP contribution is -1.95. The van der Waals surface area contributed by atoms with Crippen molar-refractivity contribution in [2.75, 3.05) is 0 Å². The Morgan fingerprint density at radius 2 is 2.07 bits per heavy atom. The van der Waals surface area contributed by atoms with Crippen LogP contribution in [0.5, 0.6) is 0 Å². The Balaban J connectivity index is 1.73. The van der Waals surface area contributed by atoms with E-state index in [-0.39, 0.29) is 5.82 Å². The second kappa shape index (κ2) is 5.91. The highest BCUT2D eigenvalue weighted by Crippen LogP contribution is 2.32. The number of hydrogen-bond acceptors (Lipinski definition) is 4. The minimum atomic E-state index is -0.324. The first-order valence-corrected chi connectivity index (χ1v) is 8.40. The molecule has 0 aliphatic heterocycles. The van der Waals surface area contributed by atoms with Crippen molar-refractivity contribution in [3.8, 4) is 28.5 Å². The molecule has 0 aliphatic rings. The van der Waals surface area contributed by atoms with Crippen LogP contribution in [0.4, 0.5) is 4.39 Å². The molecule has 0 saturated carbocycles. The van der Waals surface area contributed by atoms with Gasteiger partial charge in [-0.25, -0.2) is 14.1 Å². The molecule has 0 fully saturated rings. The Morgan fingerprint density at radius 3 is 2.85 bits per heavy atom. The molecule has 7 heteroatoms. The van der Waals surface area contributed by atoms with Gasteiger partial charge in [0.2, 0.25) is 0 Å². The Labute approximate surface area is 153 Å². The second-order valence-corrected chi connectivity index (χ2v) is 6.20. The number of pyridine rings is 1. The number of hydrogen-bond donors (Lipinski definition) is 1. The summed E-state index contributed by atoms with van der Waals surface area (Å²) in [5.41, 5.74) is 3.63. The highest BCUT2D eigenvalue weighted by molar-refractivity contribution is 5.82. The van der Waals surface area contributed by atoms with Crippen LogP contribution in [-0.2, 0) is 0 Å². The van der Waals surface area contributed by atoms with Gasteiger partial charge in [0.1, 0.15) is 23.1 Å². The number of H-pyrrole nitrogens is 1. The summed E-state index contributed by atoms with van der Waals surface area (Å²) in [6.07, 6.45) is 5.23. The highest BCUT2D eigenvalue weighted by Gasteiger charge is 2.19. The van der Waals surface area contributed by atoms with Crippen molar-refractivity contribution in [3.63, 3.8) is 0 Å². The molecule has 0 amide bonds. The van der Waals surface area contributed by atoms with E-state index >= 15 is 0 Å². The average Bonchev–Trinajstić information content (AvgIpc) is 3.38. The Hall–Kier alpha value is -3.74. The first-order chi connectivity index (χ1) is 13.2. The third kappa shape index (κ3) is 2.69. The number of aryl methyl sites for hydroxylation is 1. The molecule has 0 unspecified atom stereocenters. The fourth-order valence-corrected chi connectivity index (χ4v) is 3.03. The van der Waals surface area contributed by atoms with Gasteiger partial charge >= 0.3 is 0 Å². The summed E-state index contributed by atoms with van der Waals surface area (Å²) in [7, 11) is 0. The SMILES string of the molecule is Cc1ccc(-c2nn(-c3cccc(F)c3)cc2-c2nc3ccncc3[nH]2)o1. The van der Waals surface area contributed by atoms with Crippen LogP contribution in [0.15, 0.2) is 65.5 Å². The van der Waals surface area contributed by atoms with Gasteiger partial charge in [-0.1, -0.05) is 6.07 Å². The van der Waals surface area contributed by atoms with Crippen molar-refractivity contribution in [2.24, 2.45) is 0 Å². The van der Waals surface area contributed by atoms with Gasteiger partial charge in [-0.15, -0.1) is 0 Å². The summed E-state index contributed by atoms with van der Waals surface area (Å²) in [5.74, 6) is 1.72.